The number of rotatable bonds is 4. The monoisotopic (exact) mass is 337 g/mol. The molecule has 0 spiro atoms. The van der Waals surface area contributed by atoms with Gasteiger partial charge in [0.15, 0.2) is 9.84 Å². The third-order valence-corrected chi connectivity index (χ3v) is 4.70. The largest absolute Gasteiger partial charge is 0.345 e. The number of halogens is 1. The second-order valence-electron chi connectivity index (χ2n) is 4.99. The summed E-state index contributed by atoms with van der Waals surface area (Å²) in [7, 11) is -3.55. The van der Waals surface area contributed by atoms with Crippen LogP contribution in [0.4, 0.5) is 0 Å². The van der Waals surface area contributed by atoms with Crippen LogP contribution < -0.4 is 5.32 Å². The van der Waals surface area contributed by atoms with Crippen LogP contribution in [0.5, 0.6) is 0 Å². The number of sulfone groups is 1. The van der Waals surface area contributed by atoms with E-state index in [0.29, 0.717) is 0 Å². The average molecular weight is 338 g/mol. The Hall–Kier alpha value is -1.85. The fourth-order valence-corrected chi connectivity index (χ4v) is 3.34. The lowest BCUT2D eigenvalue weighted by molar-refractivity contribution is 0.0936. The Bertz CT molecular complexity index is 788. The number of carbonyl (C=O) groups is 1. The summed E-state index contributed by atoms with van der Waals surface area (Å²) in [5, 5.41) is 2.89. The molecule has 2 aromatic carbocycles. The van der Waals surface area contributed by atoms with E-state index in [0.717, 1.165) is 11.8 Å². The molecule has 0 unspecified atom stereocenters. The molecule has 0 heterocycles. The van der Waals surface area contributed by atoms with Gasteiger partial charge in [0.2, 0.25) is 0 Å². The Balaban J connectivity index is 2.35. The van der Waals surface area contributed by atoms with Crippen molar-refractivity contribution in [2.45, 2.75) is 17.9 Å². The molecule has 2 aromatic rings. The first-order valence-corrected chi connectivity index (χ1v) is 8.92. The highest BCUT2D eigenvalue weighted by Gasteiger charge is 2.22. The van der Waals surface area contributed by atoms with Gasteiger partial charge in [0, 0.05) is 6.26 Å². The zero-order chi connectivity index (χ0) is 16.3. The maximum Gasteiger partial charge on any atom is 0.254 e. The van der Waals surface area contributed by atoms with Crippen LogP contribution in [0, 0.1) is 0 Å². The van der Waals surface area contributed by atoms with Crippen molar-refractivity contribution in [1.29, 1.82) is 0 Å². The van der Waals surface area contributed by atoms with Crippen molar-refractivity contribution in [3.63, 3.8) is 0 Å². The lowest BCUT2D eigenvalue weighted by Crippen LogP contribution is -2.28. The Morgan fingerprint density at radius 3 is 2.32 bits per heavy atom. The Labute approximate surface area is 135 Å². The molecular weight excluding hydrogens is 322 g/mol. The SMILES string of the molecule is C[C@@H](NC(=O)c1c(Cl)cccc1S(C)(=O)=O)c1ccccc1. The van der Waals surface area contributed by atoms with Gasteiger partial charge >= 0.3 is 0 Å². The van der Waals surface area contributed by atoms with E-state index in [2.05, 4.69) is 5.32 Å². The zero-order valence-electron chi connectivity index (χ0n) is 12.2. The molecular formula is C16H16ClNO3S. The molecule has 2 rings (SSSR count). The highest BCUT2D eigenvalue weighted by molar-refractivity contribution is 7.90. The van der Waals surface area contributed by atoms with Gasteiger partial charge in [-0.2, -0.15) is 0 Å². The summed E-state index contributed by atoms with van der Waals surface area (Å²) in [5.74, 6) is -0.512. The van der Waals surface area contributed by atoms with E-state index < -0.39 is 15.7 Å². The Morgan fingerprint density at radius 1 is 1.09 bits per heavy atom. The number of benzene rings is 2. The van der Waals surface area contributed by atoms with Crippen LogP contribution >= 0.6 is 11.6 Å². The Kier molecular flexibility index (Phi) is 4.88. The summed E-state index contributed by atoms with van der Waals surface area (Å²) < 4.78 is 23.7. The third-order valence-electron chi connectivity index (χ3n) is 3.25. The van der Waals surface area contributed by atoms with Crippen molar-refractivity contribution in [2.24, 2.45) is 0 Å². The van der Waals surface area contributed by atoms with Crippen LogP contribution in [-0.4, -0.2) is 20.6 Å². The van der Waals surface area contributed by atoms with Crippen molar-refractivity contribution in [3.8, 4) is 0 Å². The van der Waals surface area contributed by atoms with E-state index in [-0.39, 0.29) is 21.5 Å². The van der Waals surface area contributed by atoms with Crippen LogP contribution in [0.25, 0.3) is 0 Å². The number of nitrogens with one attached hydrogen (secondary N) is 1. The minimum atomic E-state index is -3.55. The molecule has 4 nitrogen and oxygen atoms in total. The molecule has 0 saturated heterocycles. The van der Waals surface area contributed by atoms with Gasteiger partial charge in [-0.1, -0.05) is 48.0 Å². The molecule has 116 valence electrons. The molecule has 0 aliphatic rings. The molecule has 0 bridgehead atoms. The Morgan fingerprint density at radius 2 is 1.73 bits per heavy atom. The van der Waals surface area contributed by atoms with Crippen molar-refractivity contribution in [2.75, 3.05) is 6.26 Å². The van der Waals surface area contributed by atoms with Gasteiger partial charge in [0.05, 0.1) is 21.5 Å². The third kappa shape index (κ3) is 3.67. The maximum absolute atomic E-state index is 12.5. The van der Waals surface area contributed by atoms with E-state index in [9.17, 15) is 13.2 Å². The first-order chi connectivity index (χ1) is 10.3. The summed E-state index contributed by atoms with van der Waals surface area (Å²) in [6.45, 7) is 1.82. The van der Waals surface area contributed by atoms with E-state index >= 15 is 0 Å². The molecule has 0 fully saturated rings. The van der Waals surface area contributed by atoms with Crippen LogP contribution in [0.3, 0.4) is 0 Å². The van der Waals surface area contributed by atoms with E-state index in [1.807, 2.05) is 37.3 Å². The smallest absolute Gasteiger partial charge is 0.254 e. The van der Waals surface area contributed by atoms with E-state index in [4.69, 9.17) is 11.6 Å². The molecule has 1 N–H and O–H groups in total. The fourth-order valence-electron chi connectivity index (χ4n) is 2.13. The summed E-state index contributed by atoms with van der Waals surface area (Å²) >= 11 is 6.03. The van der Waals surface area contributed by atoms with Crippen molar-refractivity contribution in [3.05, 3.63) is 64.7 Å². The van der Waals surface area contributed by atoms with Gasteiger partial charge in [0.1, 0.15) is 0 Å². The quantitative estimate of drug-likeness (QED) is 0.931. The van der Waals surface area contributed by atoms with Crippen LogP contribution in [-0.2, 0) is 9.84 Å². The van der Waals surface area contributed by atoms with E-state index in [1.165, 1.54) is 18.2 Å². The molecule has 22 heavy (non-hydrogen) atoms. The predicted octanol–water partition coefficient (Wildman–Crippen LogP) is 3.23. The standard InChI is InChI=1S/C16H16ClNO3S/c1-11(12-7-4-3-5-8-12)18-16(19)15-13(17)9-6-10-14(15)22(2,20)21/h3-11H,1-2H3,(H,18,19)/t11-/m1/s1. The van der Waals surface area contributed by atoms with Gasteiger partial charge in [-0.3, -0.25) is 4.79 Å². The first-order valence-electron chi connectivity index (χ1n) is 6.65. The molecule has 0 aliphatic heterocycles. The number of hydrogen-bond donors (Lipinski definition) is 1. The first kappa shape index (κ1) is 16.5. The predicted molar refractivity (Wildman–Crippen MR) is 86.9 cm³/mol. The average Bonchev–Trinajstić information content (AvgIpc) is 2.46. The lowest BCUT2D eigenvalue weighted by atomic mass is 10.1. The van der Waals surface area contributed by atoms with E-state index in [1.54, 1.807) is 0 Å². The fraction of sp³-hybridized carbons (Fsp3) is 0.188. The second-order valence-corrected chi connectivity index (χ2v) is 7.38. The van der Waals surface area contributed by atoms with Gasteiger partial charge in [-0.05, 0) is 24.6 Å². The summed E-state index contributed by atoms with van der Waals surface area (Å²) in [6, 6.07) is 13.5. The second kappa shape index (κ2) is 6.50. The maximum atomic E-state index is 12.5. The summed E-state index contributed by atoms with van der Waals surface area (Å²) in [4.78, 5) is 12.4. The molecule has 6 heteroatoms. The number of carbonyl (C=O) groups excluding carboxylic acids is 1. The van der Waals surface area contributed by atoms with Crippen LogP contribution in [0.1, 0.15) is 28.9 Å². The molecule has 0 radical (unpaired) electrons. The minimum Gasteiger partial charge on any atom is -0.345 e. The normalized spacial score (nSPS) is 12.7. The molecule has 1 amide bonds. The lowest BCUT2D eigenvalue weighted by Gasteiger charge is -2.16. The molecule has 0 aromatic heterocycles. The zero-order valence-corrected chi connectivity index (χ0v) is 13.8. The highest BCUT2D eigenvalue weighted by Crippen LogP contribution is 2.25. The summed E-state index contributed by atoms with van der Waals surface area (Å²) in [5.41, 5.74) is 0.901. The van der Waals surface area contributed by atoms with Gasteiger partial charge in [-0.15, -0.1) is 0 Å². The van der Waals surface area contributed by atoms with Gasteiger partial charge < -0.3 is 5.32 Å². The van der Waals surface area contributed by atoms with Crippen molar-refractivity contribution >= 4 is 27.3 Å². The summed E-state index contributed by atoms with van der Waals surface area (Å²) in [6.07, 6.45) is 1.05. The molecule has 1 atom stereocenters. The molecule has 0 aliphatic carbocycles. The topological polar surface area (TPSA) is 63.2 Å². The highest BCUT2D eigenvalue weighted by atomic mass is 35.5. The van der Waals surface area contributed by atoms with Gasteiger partial charge in [-0.25, -0.2) is 8.42 Å². The number of hydrogen-bond acceptors (Lipinski definition) is 3. The van der Waals surface area contributed by atoms with Crippen LogP contribution in [0.15, 0.2) is 53.4 Å². The number of amides is 1. The minimum absolute atomic E-state index is 0.0190. The van der Waals surface area contributed by atoms with Crippen LogP contribution in [0.2, 0.25) is 5.02 Å². The van der Waals surface area contributed by atoms with Gasteiger partial charge in [0.25, 0.3) is 5.91 Å². The molecule has 0 saturated carbocycles. The van der Waals surface area contributed by atoms with Crippen molar-refractivity contribution in [1.82, 2.24) is 5.32 Å². The van der Waals surface area contributed by atoms with Crippen molar-refractivity contribution < 1.29 is 13.2 Å².